The van der Waals surface area contributed by atoms with Crippen LogP contribution >= 0.6 is 11.8 Å². The minimum Gasteiger partial charge on any atom is -0.475 e. The van der Waals surface area contributed by atoms with Crippen molar-refractivity contribution in [3.63, 3.8) is 0 Å². The standard InChI is InChI=1S/C42H59F2N7O4S.2C2HF3O2/c1-29(52)49-36(12-8-9-17-45)41(55)48-20-19-47-38(53)16-21-56-28-39(54)51(26-31-15-18-46-24-31)40(42(2,3)4)37-22-32(34-23-33(43)13-14-35(34)44)27-50(37)25-30-10-6-5-7-11-30;2*3-2(4,5)1(6)7/h5-7,10-11,13-14,22-23,27,31,36,40,46H,8-9,12,15-21,24-26,28,45H2,1-4H3,(H,47,53)(H,48,55)(H,49,52);2*(H,6,7)/t31?,36-,40-;;/m0../s1. The van der Waals surface area contributed by atoms with E-state index in [0.717, 1.165) is 49.3 Å². The first-order chi connectivity index (χ1) is 32.6. The minimum atomic E-state index is -5.08. The van der Waals surface area contributed by atoms with Crippen molar-refractivity contribution in [2.75, 3.05) is 50.8 Å². The Morgan fingerprint density at radius 3 is 2.06 bits per heavy atom. The lowest BCUT2D eigenvalue weighted by Crippen LogP contribution is -2.47. The molecule has 3 atom stereocenters. The molecule has 4 rings (SSSR count). The molecule has 70 heavy (non-hydrogen) atoms. The molecule has 390 valence electrons. The molecule has 24 heteroatoms. The number of alkyl halides is 6. The lowest BCUT2D eigenvalue weighted by atomic mass is 9.82. The molecule has 2 aromatic carbocycles. The SMILES string of the molecule is CC(=O)N[C@@H](CCCCN)C(=O)NCCNC(=O)CCSCC(=O)N(CC1CCNC1)[C@@H](c1cc(-c2cc(F)ccc2F)cn1Cc1ccccc1)C(C)(C)C.O=C(O)C(F)(F)F.O=C(O)C(F)(F)F. The van der Waals surface area contributed by atoms with E-state index in [0.29, 0.717) is 43.8 Å². The van der Waals surface area contributed by atoms with Gasteiger partial charge in [0.2, 0.25) is 23.6 Å². The van der Waals surface area contributed by atoms with Gasteiger partial charge in [-0.25, -0.2) is 18.4 Å². The fourth-order valence-electron chi connectivity index (χ4n) is 7.12. The third kappa shape index (κ3) is 21.9. The summed E-state index contributed by atoms with van der Waals surface area (Å²) < 4.78 is 95.1. The van der Waals surface area contributed by atoms with E-state index in [4.69, 9.17) is 25.5 Å². The number of carboxylic acids is 2. The van der Waals surface area contributed by atoms with Gasteiger partial charge in [0, 0.05) is 68.3 Å². The van der Waals surface area contributed by atoms with Gasteiger partial charge in [0.15, 0.2) is 0 Å². The number of unbranched alkanes of at least 4 members (excludes halogenated alkanes) is 1. The fourth-order valence-corrected chi connectivity index (χ4v) is 7.94. The molecule has 0 saturated carbocycles. The molecule has 4 amide bonds. The number of aromatic nitrogens is 1. The van der Waals surface area contributed by atoms with Crippen molar-refractivity contribution in [1.29, 1.82) is 0 Å². The largest absolute Gasteiger partial charge is 0.490 e. The monoisotopic (exact) mass is 1020 g/mol. The number of thioether (sulfide) groups is 1. The predicted molar refractivity (Wildman–Crippen MR) is 246 cm³/mol. The van der Waals surface area contributed by atoms with Crippen LogP contribution in [-0.2, 0) is 35.3 Å². The van der Waals surface area contributed by atoms with Gasteiger partial charge in [-0.05, 0) is 86.5 Å². The zero-order chi connectivity index (χ0) is 52.8. The molecule has 3 aromatic rings. The predicted octanol–water partition coefficient (Wildman–Crippen LogP) is 6.26. The van der Waals surface area contributed by atoms with Gasteiger partial charge in [0.1, 0.15) is 17.7 Å². The molecule has 0 radical (unpaired) electrons. The highest BCUT2D eigenvalue weighted by Crippen LogP contribution is 2.42. The van der Waals surface area contributed by atoms with Crippen molar-refractivity contribution < 1.29 is 74.1 Å². The third-order valence-corrected chi connectivity index (χ3v) is 11.2. The second-order valence-electron chi connectivity index (χ2n) is 17.2. The van der Waals surface area contributed by atoms with Gasteiger partial charge in [-0.2, -0.15) is 38.1 Å². The highest BCUT2D eigenvalue weighted by molar-refractivity contribution is 7.99. The average Bonchev–Trinajstić information content (AvgIpc) is 3.94. The van der Waals surface area contributed by atoms with Gasteiger partial charge >= 0.3 is 24.3 Å². The quantitative estimate of drug-likeness (QED) is 0.0466. The van der Waals surface area contributed by atoms with E-state index in [9.17, 15) is 49.9 Å². The maximum atomic E-state index is 15.2. The zero-order valence-corrected chi connectivity index (χ0v) is 40.0. The van der Waals surface area contributed by atoms with Crippen molar-refractivity contribution in [1.82, 2.24) is 30.7 Å². The molecule has 15 nitrogen and oxygen atoms in total. The van der Waals surface area contributed by atoms with Gasteiger partial charge in [0.25, 0.3) is 0 Å². The molecular formula is C46H61F8N7O8S. The first-order valence-corrected chi connectivity index (χ1v) is 23.2. The molecule has 0 aliphatic carbocycles. The molecule has 1 aliphatic heterocycles. The number of carbonyl (C=O) groups is 6. The second kappa shape index (κ2) is 28.8. The highest BCUT2D eigenvalue weighted by atomic mass is 32.2. The van der Waals surface area contributed by atoms with Gasteiger partial charge < -0.3 is 46.7 Å². The number of aliphatic carboxylic acids is 2. The van der Waals surface area contributed by atoms with Crippen molar-refractivity contribution in [3.05, 3.63) is 83.7 Å². The van der Waals surface area contributed by atoms with Crippen LogP contribution in [0.25, 0.3) is 11.1 Å². The maximum Gasteiger partial charge on any atom is 0.490 e. The van der Waals surface area contributed by atoms with E-state index in [2.05, 4.69) is 46.6 Å². The number of hydrogen-bond acceptors (Lipinski definition) is 9. The Bertz CT molecular complexity index is 2140. The van der Waals surface area contributed by atoms with Crippen LogP contribution in [0.4, 0.5) is 35.1 Å². The molecule has 8 N–H and O–H groups in total. The Balaban J connectivity index is 0.00000104. The average molecular weight is 1020 g/mol. The van der Waals surface area contributed by atoms with Gasteiger partial charge in [-0.1, -0.05) is 51.1 Å². The molecule has 1 unspecified atom stereocenters. The topological polar surface area (TPSA) is 225 Å². The maximum absolute atomic E-state index is 15.2. The Morgan fingerprint density at radius 1 is 0.900 bits per heavy atom. The van der Waals surface area contributed by atoms with Crippen LogP contribution < -0.4 is 27.0 Å². The minimum absolute atomic E-state index is 0.0592. The molecule has 0 bridgehead atoms. The summed E-state index contributed by atoms with van der Waals surface area (Å²) in [5, 5.41) is 25.9. The van der Waals surface area contributed by atoms with Crippen molar-refractivity contribution in [2.24, 2.45) is 17.1 Å². The number of carbonyl (C=O) groups excluding carboxylic acids is 4. The third-order valence-electron chi connectivity index (χ3n) is 10.3. The van der Waals surface area contributed by atoms with Crippen LogP contribution in [0.15, 0.2) is 60.8 Å². The van der Waals surface area contributed by atoms with Crippen LogP contribution in [-0.4, -0.2) is 124 Å². The highest BCUT2D eigenvalue weighted by Gasteiger charge is 2.40. The number of benzene rings is 2. The van der Waals surface area contributed by atoms with Gasteiger partial charge in [-0.3, -0.25) is 19.2 Å². The van der Waals surface area contributed by atoms with E-state index in [1.807, 2.05) is 47.5 Å². The van der Waals surface area contributed by atoms with Crippen LogP contribution in [0.1, 0.15) is 77.1 Å². The summed E-state index contributed by atoms with van der Waals surface area (Å²) in [7, 11) is 0. The molecule has 1 saturated heterocycles. The van der Waals surface area contributed by atoms with E-state index in [1.54, 1.807) is 0 Å². The number of nitrogens with two attached hydrogens (primary N) is 1. The number of carboxylic acid groups (broad SMARTS) is 2. The molecular weight excluding hydrogens is 963 g/mol. The van der Waals surface area contributed by atoms with Gasteiger partial charge in [-0.15, -0.1) is 0 Å². The Labute approximate surface area is 404 Å². The smallest absolute Gasteiger partial charge is 0.475 e. The summed E-state index contributed by atoms with van der Waals surface area (Å²) >= 11 is 1.39. The van der Waals surface area contributed by atoms with E-state index < -0.39 is 53.4 Å². The summed E-state index contributed by atoms with van der Waals surface area (Å²) in [6.07, 6.45) is -5.26. The number of nitrogens with zero attached hydrogens (tertiary/aromatic N) is 2. The Morgan fingerprint density at radius 2 is 1.51 bits per heavy atom. The normalized spacial score (nSPS) is 14.4. The van der Waals surface area contributed by atoms with E-state index in [-0.39, 0.29) is 60.4 Å². The molecule has 1 aromatic heterocycles. The van der Waals surface area contributed by atoms with Crippen molar-refractivity contribution in [3.8, 4) is 11.1 Å². The first-order valence-electron chi connectivity index (χ1n) is 22.0. The summed E-state index contributed by atoms with van der Waals surface area (Å²) in [5.41, 5.74) is 7.66. The van der Waals surface area contributed by atoms with Crippen LogP contribution in [0.3, 0.4) is 0 Å². The van der Waals surface area contributed by atoms with Crippen LogP contribution in [0.2, 0.25) is 0 Å². The number of nitrogens with one attached hydrogen (secondary N) is 4. The summed E-state index contributed by atoms with van der Waals surface area (Å²) in [4.78, 5) is 70.9. The number of amides is 4. The lowest BCUT2D eigenvalue weighted by molar-refractivity contribution is -0.193. The summed E-state index contributed by atoms with van der Waals surface area (Å²) in [5.74, 6) is -6.60. The number of rotatable bonds is 21. The van der Waals surface area contributed by atoms with Crippen LogP contribution in [0, 0.1) is 23.0 Å². The van der Waals surface area contributed by atoms with Gasteiger partial charge in [0.05, 0.1) is 11.8 Å². The van der Waals surface area contributed by atoms with Crippen molar-refractivity contribution in [2.45, 2.75) is 90.8 Å². The summed E-state index contributed by atoms with van der Waals surface area (Å²) in [6, 6.07) is 14.2. The zero-order valence-electron chi connectivity index (χ0n) is 39.2. The number of hydrogen-bond donors (Lipinski definition) is 7. The van der Waals surface area contributed by atoms with E-state index >= 15 is 4.39 Å². The molecule has 2 heterocycles. The van der Waals surface area contributed by atoms with E-state index in [1.165, 1.54) is 24.8 Å². The Kier molecular flexibility index (Phi) is 24.8. The lowest BCUT2D eigenvalue weighted by Gasteiger charge is -2.42. The Hall–Kier alpha value is -5.75. The second-order valence-corrected chi connectivity index (χ2v) is 18.3. The number of halogens is 8. The molecule has 1 aliphatic rings. The summed E-state index contributed by atoms with van der Waals surface area (Å²) in [6.45, 7) is 11.3. The fraction of sp³-hybridized carbons (Fsp3) is 0.522. The van der Waals surface area contributed by atoms with Crippen LogP contribution in [0.5, 0.6) is 0 Å². The van der Waals surface area contributed by atoms with Crippen molar-refractivity contribution >= 4 is 47.3 Å². The molecule has 1 fully saturated rings. The molecule has 0 spiro atoms. The first kappa shape index (κ1) is 60.4.